The molecule has 2 rings (SSSR count). The Bertz CT molecular complexity index is 549. The van der Waals surface area contributed by atoms with Gasteiger partial charge >= 0.3 is 0 Å². The quantitative estimate of drug-likeness (QED) is 0.840. The fourth-order valence-electron chi connectivity index (χ4n) is 1.40. The van der Waals surface area contributed by atoms with E-state index in [0.717, 1.165) is 16.6 Å². The van der Waals surface area contributed by atoms with Gasteiger partial charge in [-0.2, -0.15) is 0 Å². The number of fused-ring (bicyclic) bond motifs is 1. The van der Waals surface area contributed by atoms with Crippen LogP contribution in [-0.2, 0) is 4.79 Å². The third-order valence-corrected chi connectivity index (χ3v) is 2.12. The summed E-state index contributed by atoms with van der Waals surface area (Å²) in [5.74, 6) is -0.336. The summed E-state index contributed by atoms with van der Waals surface area (Å²) < 4.78 is 0. The summed E-state index contributed by atoms with van der Waals surface area (Å²) >= 11 is 0. The standard InChI is InChI=1S/C12H11N3O/c13-12(16)3-1-2-9-4-5-10-11(8-9)15-7-6-14-10/h1-2,4-8H,3H2,(H2,13,16). The van der Waals surface area contributed by atoms with Crippen LogP contribution in [0.2, 0.25) is 0 Å². The highest BCUT2D eigenvalue weighted by Gasteiger charge is 1.95. The zero-order valence-electron chi connectivity index (χ0n) is 8.63. The van der Waals surface area contributed by atoms with E-state index < -0.39 is 0 Å². The van der Waals surface area contributed by atoms with Crippen molar-refractivity contribution < 1.29 is 4.79 Å². The van der Waals surface area contributed by atoms with Crippen LogP contribution in [0, 0.1) is 0 Å². The van der Waals surface area contributed by atoms with E-state index in [1.165, 1.54) is 0 Å². The molecule has 0 bridgehead atoms. The molecule has 2 aromatic rings. The SMILES string of the molecule is NC(=O)CC=Cc1ccc2nccnc2c1. The summed E-state index contributed by atoms with van der Waals surface area (Å²) in [5.41, 5.74) is 7.71. The summed E-state index contributed by atoms with van der Waals surface area (Å²) in [4.78, 5) is 18.9. The molecule has 0 unspecified atom stereocenters. The number of carbonyl (C=O) groups excluding carboxylic acids is 1. The Morgan fingerprint density at radius 3 is 2.75 bits per heavy atom. The van der Waals surface area contributed by atoms with Crippen molar-refractivity contribution >= 4 is 23.0 Å². The van der Waals surface area contributed by atoms with Crippen LogP contribution in [0.1, 0.15) is 12.0 Å². The maximum absolute atomic E-state index is 10.6. The topological polar surface area (TPSA) is 68.9 Å². The molecule has 0 saturated heterocycles. The molecule has 0 aliphatic rings. The first kappa shape index (κ1) is 10.3. The van der Waals surface area contributed by atoms with Crippen molar-refractivity contribution in [2.45, 2.75) is 6.42 Å². The van der Waals surface area contributed by atoms with Crippen LogP contribution in [0.5, 0.6) is 0 Å². The molecule has 4 heteroatoms. The van der Waals surface area contributed by atoms with E-state index in [-0.39, 0.29) is 12.3 Å². The summed E-state index contributed by atoms with van der Waals surface area (Å²) in [5, 5.41) is 0. The number of primary amides is 1. The van der Waals surface area contributed by atoms with E-state index in [1.54, 1.807) is 18.5 Å². The Labute approximate surface area is 92.8 Å². The van der Waals surface area contributed by atoms with E-state index in [4.69, 9.17) is 5.73 Å². The summed E-state index contributed by atoms with van der Waals surface area (Å²) in [6.45, 7) is 0. The molecular weight excluding hydrogens is 202 g/mol. The molecule has 0 spiro atoms. The number of nitrogens with zero attached hydrogens (tertiary/aromatic N) is 2. The molecule has 1 aromatic carbocycles. The monoisotopic (exact) mass is 213 g/mol. The van der Waals surface area contributed by atoms with Gasteiger partial charge in [-0.25, -0.2) is 0 Å². The van der Waals surface area contributed by atoms with E-state index >= 15 is 0 Å². The Morgan fingerprint density at radius 2 is 2.00 bits per heavy atom. The second-order valence-corrected chi connectivity index (χ2v) is 3.38. The van der Waals surface area contributed by atoms with Crippen LogP contribution in [-0.4, -0.2) is 15.9 Å². The van der Waals surface area contributed by atoms with Gasteiger partial charge in [-0.3, -0.25) is 14.8 Å². The Balaban J connectivity index is 2.26. The van der Waals surface area contributed by atoms with Gasteiger partial charge in [0, 0.05) is 18.8 Å². The number of aromatic nitrogens is 2. The first-order valence-corrected chi connectivity index (χ1v) is 4.91. The Hall–Kier alpha value is -2.23. The van der Waals surface area contributed by atoms with Gasteiger partial charge in [0.1, 0.15) is 0 Å². The molecule has 0 saturated carbocycles. The fraction of sp³-hybridized carbons (Fsp3) is 0.0833. The molecular formula is C12H11N3O. The molecule has 0 aliphatic carbocycles. The number of benzene rings is 1. The average molecular weight is 213 g/mol. The molecule has 1 heterocycles. The number of hydrogen-bond donors (Lipinski definition) is 1. The highest BCUT2D eigenvalue weighted by atomic mass is 16.1. The van der Waals surface area contributed by atoms with Gasteiger partial charge in [-0.1, -0.05) is 18.2 Å². The average Bonchev–Trinajstić information content (AvgIpc) is 2.28. The Kier molecular flexibility index (Phi) is 2.91. The van der Waals surface area contributed by atoms with E-state index in [2.05, 4.69) is 9.97 Å². The van der Waals surface area contributed by atoms with Crippen LogP contribution in [0.4, 0.5) is 0 Å². The molecule has 4 nitrogen and oxygen atoms in total. The van der Waals surface area contributed by atoms with Gasteiger partial charge in [-0.15, -0.1) is 0 Å². The van der Waals surface area contributed by atoms with Crippen LogP contribution < -0.4 is 5.73 Å². The zero-order chi connectivity index (χ0) is 11.4. The molecule has 0 aliphatic heterocycles. The van der Waals surface area contributed by atoms with Gasteiger partial charge in [0.05, 0.1) is 11.0 Å². The minimum absolute atomic E-state index is 0.249. The maximum Gasteiger partial charge on any atom is 0.221 e. The van der Waals surface area contributed by atoms with Crippen LogP contribution in [0.25, 0.3) is 17.1 Å². The molecule has 1 amide bonds. The minimum Gasteiger partial charge on any atom is -0.369 e. The molecule has 0 atom stereocenters. The lowest BCUT2D eigenvalue weighted by molar-refractivity contribution is -0.117. The molecule has 80 valence electrons. The van der Waals surface area contributed by atoms with Crippen LogP contribution in [0.3, 0.4) is 0 Å². The number of rotatable bonds is 3. The third kappa shape index (κ3) is 2.42. The van der Waals surface area contributed by atoms with Crippen molar-refractivity contribution in [1.29, 1.82) is 0 Å². The summed E-state index contributed by atoms with van der Waals surface area (Å²) in [7, 11) is 0. The first-order valence-electron chi connectivity index (χ1n) is 4.91. The van der Waals surface area contributed by atoms with Gasteiger partial charge in [0.2, 0.25) is 5.91 Å². The predicted molar refractivity (Wildman–Crippen MR) is 62.4 cm³/mol. The van der Waals surface area contributed by atoms with Crippen LogP contribution in [0.15, 0.2) is 36.7 Å². The molecule has 0 radical (unpaired) electrons. The molecule has 0 fully saturated rings. The highest BCUT2D eigenvalue weighted by molar-refractivity contribution is 5.79. The lowest BCUT2D eigenvalue weighted by Crippen LogP contribution is -2.07. The third-order valence-electron chi connectivity index (χ3n) is 2.12. The Morgan fingerprint density at radius 1 is 1.25 bits per heavy atom. The second kappa shape index (κ2) is 4.53. The lowest BCUT2D eigenvalue weighted by atomic mass is 10.1. The summed E-state index contributed by atoms with van der Waals surface area (Å²) in [6, 6.07) is 5.74. The predicted octanol–water partition coefficient (Wildman–Crippen LogP) is 1.52. The van der Waals surface area contributed by atoms with E-state index in [9.17, 15) is 4.79 Å². The number of nitrogens with two attached hydrogens (primary N) is 1. The number of amides is 1. The zero-order valence-corrected chi connectivity index (χ0v) is 8.63. The minimum atomic E-state index is -0.336. The fourth-order valence-corrected chi connectivity index (χ4v) is 1.40. The highest BCUT2D eigenvalue weighted by Crippen LogP contribution is 2.12. The van der Waals surface area contributed by atoms with Crippen molar-refractivity contribution in [1.82, 2.24) is 9.97 Å². The second-order valence-electron chi connectivity index (χ2n) is 3.38. The lowest BCUT2D eigenvalue weighted by Gasteiger charge is -1.97. The van der Waals surface area contributed by atoms with Crippen molar-refractivity contribution in [2.24, 2.45) is 5.73 Å². The molecule has 16 heavy (non-hydrogen) atoms. The smallest absolute Gasteiger partial charge is 0.221 e. The summed E-state index contributed by atoms with van der Waals surface area (Å²) in [6.07, 6.45) is 7.14. The molecule has 2 N–H and O–H groups in total. The van der Waals surface area contributed by atoms with Crippen molar-refractivity contribution in [2.75, 3.05) is 0 Å². The van der Waals surface area contributed by atoms with Gasteiger partial charge < -0.3 is 5.73 Å². The van der Waals surface area contributed by atoms with Gasteiger partial charge in [0.15, 0.2) is 0 Å². The van der Waals surface area contributed by atoms with E-state index in [1.807, 2.05) is 24.3 Å². The van der Waals surface area contributed by atoms with Crippen LogP contribution >= 0.6 is 0 Å². The van der Waals surface area contributed by atoms with Crippen molar-refractivity contribution in [3.8, 4) is 0 Å². The van der Waals surface area contributed by atoms with Gasteiger partial charge in [0.25, 0.3) is 0 Å². The largest absolute Gasteiger partial charge is 0.369 e. The number of carbonyl (C=O) groups is 1. The van der Waals surface area contributed by atoms with E-state index in [0.29, 0.717) is 0 Å². The van der Waals surface area contributed by atoms with Crippen molar-refractivity contribution in [3.05, 3.63) is 42.2 Å². The van der Waals surface area contributed by atoms with Gasteiger partial charge in [-0.05, 0) is 17.7 Å². The maximum atomic E-state index is 10.6. The molecule has 1 aromatic heterocycles. The van der Waals surface area contributed by atoms with Crippen molar-refractivity contribution in [3.63, 3.8) is 0 Å². The normalized spacial score (nSPS) is 11.0. The number of hydrogen-bond acceptors (Lipinski definition) is 3. The first-order chi connectivity index (χ1) is 7.75.